The molecule has 0 bridgehead atoms. The minimum atomic E-state index is -0.715. The number of hydrogen-bond acceptors (Lipinski definition) is 3. The summed E-state index contributed by atoms with van der Waals surface area (Å²) in [7, 11) is 0. The summed E-state index contributed by atoms with van der Waals surface area (Å²) in [5.41, 5.74) is 6.95. The van der Waals surface area contributed by atoms with Gasteiger partial charge < -0.3 is 5.73 Å². The number of ketones is 1. The van der Waals surface area contributed by atoms with Crippen molar-refractivity contribution in [3.05, 3.63) is 59.4 Å². The van der Waals surface area contributed by atoms with Crippen molar-refractivity contribution >= 4 is 11.5 Å². The van der Waals surface area contributed by atoms with Gasteiger partial charge in [0, 0.05) is 42.6 Å². The lowest BCUT2D eigenvalue weighted by Gasteiger charge is -2.05. The summed E-state index contributed by atoms with van der Waals surface area (Å²) < 4.78 is 26.1. The average Bonchev–Trinajstić information content (AvgIpc) is 2.36. The molecule has 0 aliphatic carbocycles. The van der Waals surface area contributed by atoms with Crippen LogP contribution in [0.3, 0.4) is 0 Å². The van der Waals surface area contributed by atoms with E-state index in [0.29, 0.717) is 11.3 Å². The minimum absolute atomic E-state index is 0.0799. The highest BCUT2D eigenvalue weighted by Crippen LogP contribution is 2.14. The van der Waals surface area contributed by atoms with Gasteiger partial charge >= 0.3 is 0 Å². The Bertz CT molecular complexity index is 614. The summed E-state index contributed by atoms with van der Waals surface area (Å²) in [5.74, 6) is -1.58. The quantitative estimate of drug-likeness (QED) is 0.919. The van der Waals surface area contributed by atoms with E-state index in [1.165, 1.54) is 18.5 Å². The molecule has 2 N–H and O–H groups in total. The summed E-state index contributed by atoms with van der Waals surface area (Å²) in [6, 6.07) is 4.77. The molecule has 2 rings (SSSR count). The van der Waals surface area contributed by atoms with Crippen LogP contribution in [0.1, 0.15) is 11.1 Å². The van der Waals surface area contributed by atoms with Crippen molar-refractivity contribution in [3.8, 4) is 0 Å². The lowest BCUT2D eigenvalue weighted by atomic mass is 10.0. The second-order valence-corrected chi connectivity index (χ2v) is 4.20. The number of benzene rings is 1. The first-order valence-electron chi connectivity index (χ1n) is 5.70. The Kier molecular flexibility index (Phi) is 3.85. The zero-order chi connectivity index (χ0) is 13.8. The maximum Gasteiger partial charge on any atom is 0.141 e. The molecule has 1 heterocycles. The summed E-state index contributed by atoms with van der Waals surface area (Å²) in [4.78, 5) is 15.7. The number of aromatic nitrogens is 1. The smallest absolute Gasteiger partial charge is 0.141 e. The van der Waals surface area contributed by atoms with Crippen LogP contribution in [0.25, 0.3) is 0 Å². The first-order chi connectivity index (χ1) is 9.06. The van der Waals surface area contributed by atoms with Gasteiger partial charge in [0.1, 0.15) is 17.4 Å². The minimum Gasteiger partial charge on any atom is -0.398 e. The molecule has 2 aromatic rings. The number of anilines is 1. The SMILES string of the molecule is Nc1ccncc1CC(=O)Cc1ccc(F)cc1F. The largest absolute Gasteiger partial charge is 0.398 e. The van der Waals surface area contributed by atoms with E-state index in [1.54, 1.807) is 6.07 Å². The second kappa shape index (κ2) is 5.56. The van der Waals surface area contributed by atoms with Gasteiger partial charge in [0.05, 0.1) is 0 Å². The Labute approximate surface area is 109 Å². The fourth-order valence-electron chi connectivity index (χ4n) is 1.74. The van der Waals surface area contributed by atoms with Crippen LogP contribution >= 0.6 is 0 Å². The first-order valence-corrected chi connectivity index (χ1v) is 5.70. The highest BCUT2D eigenvalue weighted by molar-refractivity contribution is 5.84. The van der Waals surface area contributed by atoms with Crippen LogP contribution in [0.5, 0.6) is 0 Å². The number of hydrogen-bond donors (Lipinski definition) is 1. The normalized spacial score (nSPS) is 10.4. The van der Waals surface area contributed by atoms with Crippen molar-refractivity contribution in [1.82, 2.24) is 4.98 Å². The van der Waals surface area contributed by atoms with Gasteiger partial charge in [0.25, 0.3) is 0 Å². The number of rotatable bonds is 4. The molecule has 0 fully saturated rings. The molecule has 0 spiro atoms. The molecule has 1 aromatic heterocycles. The number of carbonyl (C=O) groups is 1. The second-order valence-electron chi connectivity index (χ2n) is 4.20. The van der Waals surface area contributed by atoms with Gasteiger partial charge in [-0.1, -0.05) is 6.07 Å². The third-order valence-electron chi connectivity index (χ3n) is 2.73. The zero-order valence-electron chi connectivity index (χ0n) is 10.1. The van der Waals surface area contributed by atoms with E-state index in [4.69, 9.17) is 5.73 Å². The van der Waals surface area contributed by atoms with Crippen molar-refractivity contribution in [1.29, 1.82) is 0 Å². The van der Waals surface area contributed by atoms with Crippen molar-refractivity contribution in [2.45, 2.75) is 12.8 Å². The molecule has 0 amide bonds. The van der Waals surface area contributed by atoms with E-state index in [2.05, 4.69) is 4.98 Å². The van der Waals surface area contributed by atoms with Crippen LogP contribution in [0.15, 0.2) is 36.7 Å². The van der Waals surface area contributed by atoms with Gasteiger partial charge in [-0.2, -0.15) is 0 Å². The van der Waals surface area contributed by atoms with E-state index < -0.39 is 11.6 Å². The molecule has 19 heavy (non-hydrogen) atoms. The number of pyridine rings is 1. The molecule has 0 aliphatic heterocycles. The van der Waals surface area contributed by atoms with Gasteiger partial charge in [-0.05, 0) is 17.7 Å². The van der Waals surface area contributed by atoms with E-state index in [9.17, 15) is 13.6 Å². The number of nitrogens with two attached hydrogens (primary N) is 1. The predicted octanol–water partition coefficient (Wildman–Crippen LogP) is 2.30. The fraction of sp³-hybridized carbons (Fsp3) is 0.143. The van der Waals surface area contributed by atoms with Crippen LogP contribution < -0.4 is 5.73 Å². The maximum absolute atomic E-state index is 13.4. The number of carbonyl (C=O) groups excluding carboxylic acids is 1. The Morgan fingerprint density at radius 2 is 1.89 bits per heavy atom. The molecule has 0 radical (unpaired) electrons. The van der Waals surface area contributed by atoms with Crippen LogP contribution in [0.2, 0.25) is 0 Å². The molecule has 3 nitrogen and oxygen atoms in total. The molecule has 0 unspecified atom stereocenters. The van der Waals surface area contributed by atoms with Crippen LogP contribution in [0, 0.1) is 11.6 Å². The summed E-state index contributed by atoms with van der Waals surface area (Å²) >= 11 is 0. The lowest BCUT2D eigenvalue weighted by Crippen LogP contribution is -2.10. The summed E-state index contributed by atoms with van der Waals surface area (Å²) in [5, 5.41) is 0. The molecule has 0 aliphatic rings. The van der Waals surface area contributed by atoms with Crippen molar-refractivity contribution < 1.29 is 13.6 Å². The van der Waals surface area contributed by atoms with Crippen molar-refractivity contribution in [2.24, 2.45) is 0 Å². The van der Waals surface area contributed by atoms with E-state index in [-0.39, 0.29) is 24.2 Å². The Balaban J connectivity index is 2.08. The summed E-state index contributed by atoms with van der Waals surface area (Å²) in [6.45, 7) is 0. The third kappa shape index (κ3) is 3.34. The topological polar surface area (TPSA) is 56.0 Å². The van der Waals surface area contributed by atoms with E-state index in [0.717, 1.165) is 12.1 Å². The van der Waals surface area contributed by atoms with Gasteiger partial charge in [0.2, 0.25) is 0 Å². The van der Waals surface area contributed by atoms with Crippen molar-refractivity contribution in [3.63, 3.8) is 0 Å². The number of nitrogens with zero attached hydrogens (tertiary/aromatic N) is 1. The van der Waals surface area contributed by atoms with E-state index in [1.807, 2.05) is 0 Å². The molecule has 1 aromatic carbocycles. The molecule has 5 heteroatoms. The van der Waals surface area contributed by atoms with Gasteiger partial charge in [-0.25, -0.2) is 8.78 Å². The lowest BCUT2D eigenvalue weighted by molar-refractivity contribution is -0.117. The van der Waals surface area contributed by atoms with Gasteiger partial charge in [0.15, 0.2) is 0 Å². The third-order valence-corrected chi connectivity index (χ3v) is 2.73. The molecule has 0 saturated heterocycles. The molecular formula is C14H12F2N2O. The summed E-state index contributed by atoms with van der Waals surface area (Å²) in [6.07, 6.45) is 3.02. The van der Waals surface area contributed by atoms with Crippen molar-refractivity contribution in [2.75, 3.05) is 5.73 Å². The Morgan fingerprint density at radius 1 is 1.16 bits per heavy atom. The molecule has 98 valence electrons. The monoisotopic (exact) mass is 262 g/mol. The van der Waals surface area contributed by atoms with E-state index >= 15 is 0 Å². The number of Topliss-reactive ketones (excluding diaryl/α,β-unsaturated/α-hetero) is 1. The predicted molar refractivity (Wildman–Crippen MR) is 67.4 cm³/mol. The van der Waals surface area contributed by atoms with Gasteiger partial charge in [-0.3, -0.25) is 9.78 Å². The fourth-order valence-corrected chi connectivity index (χ4v) is 1.74. The molecule has 0 atom stereocenters. The Hall–Kier alpha value is -2.30. The highest BCUT2D eigenvalue weighted by Gasteiger charge is 2.11. The molecule has 0 saturated carbocycles. The van der Waals surface area contributed by atoms with Crippen LogP contribution in [0.4, 0.5) is 14.5 Å². The first kappa shape index (κ1) is 13.1. The van der Waals surface area contributed by atoms with Gasteiger partial charge in [-0.15, -0.1) is 0 Å². The zero-order valence-corrected chi connectivity index (χ0v) is 10.1. The maximum atomic E-state index is 13.4. The molecular weight excluding hydrogens is 250 g/mol. The van der Waals surface area contributed by atoms with Crippen LogP contribution in [-0.2, 0) is 17.6 Å². The number of halogens is 2. The Morgan fingerprint density at radius 3 is 2.58 bits per heavy atom. The van der Waals surface area contributed by atoms with Crippen LogP contribution in [-0.4, -0.2) is 10.8 Å². The number of nitrogen functional groups attached to an aromatic ring is 1. The average molecular weight is 262 g/mol. The highest BCUT2D eigenvalue weighted by atomic mass is 19.1. The standard InChI is InChI=1S/C14H12F2N2O/c15-11-2-1-9(13(16)7-11)5-12(19)6-10-8-18-4-3-14(10)17/h1-4,7-8H,5-6H2,(H2,17,18).